The predicted octanol–water partition coefficient (Wildman–Crippen LogP) is 1.27. The minimum Gasteiger partial charge on any atom is -0.473 e. The van der Waals surface area contributed by atoms with Crippen LogP contribution in [0.3, 0.4) is 0 Å². The molecule has 0 bridgehead atoms. The Kier molecular flexibility index (Phi) is 5.08. The lowest BCUT2D eigenvalue weighted by Gasteiger charge is -2.10. The van der Waals surface area contributed by atoms with Crippen molar-refractivity contribution in [3.63, 3.8) is 0 Å². The summed E-state index contributed by atoms with van der Waals surface area (Å²) in [6, 6.07) is 13.4. The van der Waals surface area contributed by atoms with Gasteiger partial charge in [0.25, 0.3) is 0 Å². The minimum absolute atomic E-state index is 0.275. The summed E-state index contributed by atoms with van der Waals surface area (Å²) >= 11 is 0. The van der Waals surface area contributed by atoms with E-state index < -0.39 is 12.5 Å². The molecule has 0 spiro atoms. The first-order valence-electron chi connectivity index (χ1n) is 6.28. The van der Waals surface area contributed by atoms with Crippen molar-refractivity contribution in [1.29, 1.82) is 0 Å². The van der Waals surface area contributed by atoms with E-state index in [-0.39, 0.29) is 6.54 Å². The van der Waals surface area contributed by atoms with Gasteiger partial charge in [0.15, 0.2) is 0 Å². The number of hydrogen-bond donors (Lipinski definition) is 2. The molecular formula is C15H16N2O3. The van der Waals surface area contributed by atoms with Gasteiger partial charge in [-0.25, -0.2) is 4.98 Å². The van der Waals surface area contributed by atoms with E-state index in [1.165, 1.54) is 0 Å². The fraction of sp³-hybridized carbons (Fsp3) is 0.200. The summed E-state index contributed by atoms with van der Waals surface area (Å²) in [4.78, 5) is 15.2. The summed E-state index contributed by atoms with van der Waals surface area (Å²) in [5, 5.41) is 11.3. The molecule has 1 aromatic heterocycles. The van der Waals surface area contributed by atoms with E-state index >= 15 is 0 Å². The molecule has 0 aliphatic rings. The van der Waals surface area contributed by atoms with Crippen molar-refractivity contribution in [3.8, 4) is 5.88 Å². The van der Waals surface area contributed by atoms with Crippen molar-refractivity contribution in [2.24, 2.45) is 0 Å². The lowest BCUT2D eigenvalue weighted by molar-refractivity contribution is -0.123. The van der Waals surface area contributed by atoms with Crippen LogP contribution in [0.1, 0.15) is 11.1 Å². The molecule has 0 aliphatic carbocycles. The molecule has 104 valence electrons. The standard InChI is InChI=1S/C15H16N2O3/c18-10-14(19)17-9-13-7-4-8-16-15(13)20-11-12-5-2-1-3-6-12/h1-8,18H,9-11H2,(H,17,19). The van der Waals surface area contributed by atoms with Gasteiger partial charge in [-0.2, -0.15) is 0 Å². The topological polar surface area (TPSA) is 71.5 Å². The van der Waals surface area contributed by atoms with Gasteiger partial charge in [0.2, 0.25) is 11.8 Å². The lowest BCUT2D eigenvalue weighted by atomic mass is 10.2. The van der Waals surface area contributed by atoms with Crippen LogP contribution < -0.4 is 10.1 Å². The highest BCUT2D eigenvalue weighted by molar-refractivity contribution is 5.76. The summed E-state index contributed by atoms with van der Waals surface area (Å²) in [7, 11) is 0. The lowest BCUT2D eigenvalue weighted by Crippen LogP contribution is -2.25. The van der Waals surface area contributed by atoms with Gasteiger partial charge in [-0.15, -0.1) is 0 Å². The highest BCUT2D eigenvalue weighted by Crippen LogP contribution is 2.15. The predicted molar refractivity (Wildman–Crippen MR) is 73.9 cm³/mol. The molecule has 2 aromatic rings. The molecule has 1 amide bonds. The monoisotopic (exact) mass is 272 g/mol. The maximum absolute atomic E-state index is 11.1. The zero-order chi connectivity index (χ0) is 14.2. The Balaban J connectivity index is 1.98. The molecule has 0 unspecified atom stereocenters. The number of amides is 1. The van der Waals surface area contributed by atoms with E-state index in [2.05, 4.69) is 10.3 Å². The van der Waals surface area contributed by atoms with Gasteiger partial charge in [-0.3, -0.25) is 4.79 Å². The molecule has 2 N–H and O–H groups in total. The van der Waals surface area contributed by atoms with Crippen LogP contribution in [0.2, 0.25) is 0 Å². The number of nitrogens with zero attached hydrogens (tertiary/aromatic N) is 1. The van der Waals surface area contributed by atoms with Crippen LogP contribution in [0.15, 0.2) is 48.7 Å². The quantitative estimate of drug-likeness (QED) is 0.830. The van der Waals surface area contributed by atoms with Crippen molar-refractivity contribution in [3.05, 3.63) is 59.8 Å². The number of rotatable bonds is 6. The normalized spacial score (nSPS) is 10.1. The van der Waals surface area contributed by atoms with Gasteiger partial charge >= 0.3 is 0 Å². The maximum atomic E-state index is 11.1. The number of aliphatic hydroxyl groups is 1. The third-order valence-corrected chi connectivity index (χ3v) is 2.69. The van der Waals surface area contributed by atoms with Crippen LogP contribution >= 0.6 is 0 Å². The zero-order valence-corrected chi connectivity index (χ0v) is 11.0. The molecule has 0 saturated heterocycles. The molecule has 2 rings (SSSR count). The number of nitrogens with one attached hydrogen (secondary N) is 1. The number of ether oxygens (including phenoxy) is 1. The van der Waals surface area contributed by atoms with E-state index in [1.807, 2.05) is 36.4 Å². The van der Waals surface area contributed by atoms with Crippen molar-refractivity contribution < 1.29 is 14.6 Å². The van der Waals surface area contributed by atoms with Gasteiger partial charge in [0, 0.05) is 18.3 Å². The molecule has 5 heteroatoms. The molecule has 0 radical (unpaired) electrons. The third-order valence-electron chi connectivity index (χ3n) is 2.69. The van der Waals surface area contributed by atoms with Crippen molar-refractivity contribution >= 4 is 5.91 Å². The molecule has 0 fully saturated rings. The van der Waals surface area contributed by atoms with Crippen LogP contribution in [0.5, 0.6) is 5.88 Å². The Morgan fingerprint density at radius 2 is 2.00 bits per heavy atom. The number of carbonyl (C=O) groups is 1. The number of aliphatic hydroxyl groups excluding tert-OH is 1. The van der Waals surface area contributed by atoms with Gasteiger partial charge < -0.3 is 15.2 Å². The number of hydrogen-bond acceptors (Lipinski definition) is 4. The Morgan fingerprint density at radius 3 is 2.75 bits per heavy atom. The van der Waals surface area contributed by atoms with Gasteiger partial charge in [0.05, 0.1) is 0 Å². The van der Waals surface area contributed by atoms with Gasteiger partial charge in [0.1, 0.15) is 13.2 Å². The summed E-state index contributed by atoms with van der Waals surface area (Å²) in [5.41, 5.74) is 1.81. The molecule has 0 saturated carbocycles. The molecule has 1 aromatic carbocycles. The van der Waals surface area contributed by atoms with Crippen LogP contribution in [0.4, 0.5) is 0 Å². The number of benzene rings is 1. The molecule has 5 nitrogen and oxygen atoms in total. The third kappa shape index (κ3) is 4.07. The maximum Gasteiger partial charge on any atom is 0.245 e. The average Bonchev–Trinajstić information content (AvgIpc) is 2.52. The zero-order valence-electron chi connectivity index (χ0n) is 11.0. The van der Waals surface area contributed by atoms with E-state index in [1.54, 1.807) is 12.3 Å². The van der Waals surface area contributed by atoms with Crippen LogP contribution in [0.25, 0.3) is 0 Å². The van der Waals surface area contributed by atoms with E-state index in [0.717, 1.165) is 11.1 Å². The van der Waals surface area contributed by atoms with Crippen molar-refractivity contribution in [2.45, 2.75) is 13.2 Å². The Hall–Kier alpha value is -2.40. The molecular weight excluding hydrogens is 256 g/mol. The molecule has 20 heavy (non-hydrogen) atoms. The summed E-state index contributed by atoms with van der Waals surface area (Å²) in [6.07, 6.45) is 1.64. The minimum atomic E-state index is -0.527. The molecule has 0 atom stereocenters. The highest BCUT2D eigenvalue weighted by atomic mass is 16.5. The van der Waals surface area contributed by atoms with Crippen LogP contribution in [-0.4, -0.2) is 22.6 Å². The highest BCUT2D eigenvalue weighted by Gasteiger charge is 2.06. The number of pyridine rings is 1. The van der Waals surface area contributed by atoms with Gasteiger partial charge in [-0.05, 0) is 11.6 Å². The Bertz CT molecular complexity index is 558. The Morgan fingerprint density at radius 1 is 1.20 bits per heavy atom. The smallest absolute Gasteiger partial charge is 0.245 e. The van der Waals surface area contributed by atoms with Crippen molar-refractivity contribution in [2.75, 3.05) is 6.61 Å². The first kappa shape index (κ1) is 14.0. The SMILES string of the molecule is O=C(CO)NCc1cccnc1OCc1ccccc1. The second-order valence-electron chi connectivity index (χ2n) is 4.18. The molecule has 1 heterocycles. The van der Waals surface area contributed by atoms with Crippen LogP contribution in [0, 0.1) is 0 Å². The summed E-state index contributed by atoms with van der Waals surface area (Å²) in [5.74, 6) is 0.0532. The Labute approximate surface area is 117 Å². The van der Waals surface area contributed by atoms with Crippen LogP contribution in [-0.2, 0) is 17.9 Å². The fourth-order valence-corrected chi connectivity index (χ4v) is 1.66. The largest absolute Gasteiger partial charge is 0.473 e. The van der Waals surface area contributed by atoms with Gasteiger partial charge in [-0.1, -0.05) is 36.4 Å². The van der Waals surface area contributed by atoms with E-state index in [0.29, 0.717) is 12.5 Å². The number of carbonyl (C=O) groups excluding carboxylic acids is 1. The first-order valence-corrected chi connectivity index (χ1v) is 6.28. The molecule has 0 aliphatic heterocycles. The second-order valence-corrected chi connectivity index (χ2v) is 4.18. The van der Waals surface area contributed by atoms with E-state index in [9.17, 15) is 4.79 Å². The number of aromatic nitrogens is 1. The summed E-state index contributed by atoms with van der Waals surface area (Å²) < 4.78 is 5.66. The first-order chi connectivity index (χ1) is 9.79. The second kappa shape index (κ2) is 7.25. The fourth-order valence-electron chi connectivity index (χ4n) is 1.66. The average molecular weight is 272 g/mol. The van der Waals surface area contributed by atoms with Crippen molar-refractivity contribution in [1.82, 2.24) is 10.3 Å². The van der Waals surface area contributed by atoms with E-state index in [4.69, 9.17) is 9.84 Å². The summed E-state index contributed by atoms with van der Waals surface area (Å²) in [6.45, 7) is 0.163.